The molecule has 10 heteroatoms. The first-order chi connectivity index (χ1) is 13.7. The summed E-state index contributed by atoms with van der Waals surface area (Å²) >= 11 is 1.27. The third-order valence-corrected chi connectivity index (χ3v) is 7.37. The number of thioether (sulfide) groups is 1. The molecule has 0 bridgehead atoms. The van der Waals surface area contributed by atoms with E-state index in [0.717, 1.165) is 4.90 Å². The summed E-state index contributed by atoms with van der Waals surface area (Å²) in [4.78, 5) is 23.5. The topological polar surface area (TPSA) is 110 Å². The molecule has 1 amide bonds. The number of nitro groups is 1. The molecule has 0 spiro atoms. The van der Waals surface area contributed by atoms with Crippen molar-refractivity contribution in [3.8, 4) is 0 Å². The van der Waals surface area contributed by atoms with Crippen molar-refractivity contribution in [1.82, 2.24) is 4.31 Å². The van der Waals surface area contributed by atoms with Crippen LogP contribution in [-0.4, -0.2) is 41.9 Å². The molecule has 1 N–H and O–H groups in total. The van der Waals surface area contributed by atoms with Crippen LogP contribution in [0.15, 0.2) is 58.3 Å². The second-order valence-electron chi connectivity index (χ2n) is 6.11. The number of carbonyl (C=O) groups excluding carboxylic acids is 1. The molecule has 156 valence electrons. The summed E-state index contributed by atoms with van der Waals surface area (Å²) in [5.41, 5.74) is 0.482. The molecule has 0 radical (unpaired) electrons. The first kappa shape index (κ1) is 22.9. The molecular formula is C19H23N3O5S2. The Morgan fingerprint density at radius 2 is 1.66 bits per heavy atom. The average Bonchev–Trinajstić information content (AvgIpc) is 2.69. The van der Waals surface area contributed by atoms with Crippen molar-refractivity contribution in [2.75, 3.05) is 18.4 Å². The zero-order chi connectivity index (χ0) is 21.6. The van der Waals surface area contributed by atoms with Crippen LogP contribution in [0.3, 0.4) is 0 Å². The van der Waals surface area contributed by atoms with Crippen molar-refractivity contribution in [2.24, 2.45) is 0 Å². The normalized spacial score (nSPS) is 12.6. The van der Waals surface area contributed by atoms with Crippen LogP contribution in [0.25, 0.3) is 0 Å². The number of nitrogens with one attached hydrogen (secondary N) is 1. The number of nitro benzene ring substituents is 1. The van der Waals surface area contributed by atoms with Gasteiger partial charge < -0.3 is 5.32 Å². The van der Waals surface area contributed by atoms with Gasteiger partial charge in [-0.3, -0.25) is 14.9 Å². The predicted octanol–water partition coefficient (Wildman–Crippen LogP) is 3.74. The van der Waals surface area contributed by atoms with Crippen LogP contribution in [0.4, 0.5) is 11.4 Å². The molecule has 0 aliphatic heterocycles. The second-order valence-corrected chi connectivity index (χ2v) is 9.47. The summed E-state index contributed by atoms with van der Waals surface area (Å²) in [7, 11) is -3.54. The molecule has 2 aromatic rings. The van der Waals surface area contributed by atoms with Crippen LogP contribution in [0, 0.1) is 10.1 Å². The quantitative estimate of drug-likeness (QED) is 0.363. The highest BCUT2D eigenvalue weighted by atomic mass is 32.2. The van der Waals surface area contributed by atoms with E-state index in [-0.39, 0.29) is 16.5 Å². The number of non-ortho nitro benzene ring substituents is 1. The smallest absolute Gasteiger partial charge is 0.269 e. The van der Waals surface area contributed by atoms with Crippen molar-refractivity contribution in [3.05, 3.63) is 58.6 Å². The molecule has 0 aromatic heterocycles. The number of anilines is 1. The van der Waals surface area contributed by atoms with Gasteiger partial charge >= 0.3 is 0 Å². The lowest BCUT2D eigenvalue weighted by atomic mass is 10.3. The number of sulfonamides is 1. The standard InChI is InChI=1S/C19H23N3O5S2/c1-4-21(5-2)29(26,27)18-12-6-15(7-13-18)20-19(23)14(3)28-17-10-8-16(9-11-17)22(24)25/h6-14H,4-5H2,1-3H3,(H,20,23). The summed E-state index contributed by atoms with van der Waals surface area (Å²) in [5.74, 6) is -0.257. The fourth-order valence-electron chi connectivity index (χ4n) is 2.57. The van der Waals surface area contributed by atoms with Gasteiger partial charge in [0.1, 0.15) is 0 Å². The summed E-state index contributed by atoms with van der Waals surface area (Å²) in [6, 6.07) is 12.0. The van der Waals surface area contributed by atoms with Crippen molar-refractivity contribution < 1.29 is 18.1 Å². The van der Waals surface area contributed by atoms with Gasteiger partial charge in [-0.15, -0.1) is 11.8 Å². The van der Waals surface area contributed by atoms with Crippen molar-refractivity contribution >= 4 is 39.1 Å². The molecule has 0 saturated carbocycles. The fraction of sp³-hybridized carbons (Fsp3) is 0.316. The molecule has 0 saturated heterocycles. The van der Waals surface area contributed by atoms with E-state index in [0.29, 0.717) is 18.8 Å². The van der Waals surface area contributed by atoms with Crippen LogP contribution in [0.1, 0.15) is 20.8 Å². The zero-order valence-electron chi connectivity index (χ0n) is 16.4. The van der Waals surface area contributed by atoms with E-state index >= 15 is 0 Å². The van der Waals surface area contributed by atoms with E-state index in [1.165, 1.54) is 40.3 Å². The summed E-state index contributed by atoms with van der Waals surface area (Å²) in [6.07, 6.45) is 0. The van der Waals surface area contributed by atoms with Gasteiger partial charge in [0.15, 0.2) is 0 Å². The van der Waals surface area contributed by atoms with Gasteiger partial charge in [-0.25, -0.2) is 8.42 Å². The first-order valence-electron chi connectivity index (χ1n) is 9.01. The number of nitrogens with zero attached hydrogens (tertiary/aromatic N) is 2. The molecule has 1 atom stereocenters. The molecule has 1 unspecified atom stereocenters. The Morgan fingerprint density at radius 3 is 2.14 bits per heavy atom. The molecule has 0 fully saturated rings. The van der Waals surface area contributed by atoms with Crippen LogP contribution in [-0.2, 0) is 14.8 Å². The van der Waals surface area contributed by atoms with E-state index in [9.17, 15) is 23.3 Å². The van der Waals surface area contributed by atoms with Gasteiger partial charge in [-0.1, -0.05) is 13.8 Å². The maximum atomic E-state index is 12.5. The van der Waals surface area contributed by atoms with Crippen molar-refractivity contribution in [2.45, 2.75) is 35.8 Å². The summed E-state index contributed by atoms with van der Waals surface area (Å²) in [5, 5.41) is 13.0. The van der Waals surface area contributed by atoms with Crippen molar-refractivity contribution in [1.29, 1.82) is 0 Å². The number of hydrogen-bond donors (Lipinski definition) is 1. The van der Waals surface area contributed by atoms with Crippen LogP contribution in [0.5, 0.6) is 0 Å². The molecule has 2 aromatic carbocycles. The first-order valence-corrected chi connectivity index (χ1v) is 11.3. The third kappa shape index (κ3) is 5.78. The van der Waals surface area contributed by atoms with E-state index in [1.54, 1.807) is 45.0 Å². The van der Waals surface area contributed by atoms with E-state index in [4.69, 9.17) is 0 Å². The molecule has 8 nitrogen and oxygen atoms in total. The molecule has 0 aliphatic carbocycles. The van der Waals surface area contributed by atoms with E-state index in [1.807, 2.05) is 0 Å². The average molecular weight is 438 g/mol. The Bertz CT molecular complexity index is 956. The van der Waals surface area contributed by atoms with Gasteiger partial charge in [0.25, 0.3) is 5.69 Å². The Labute approximate surface area is 174 Å². The van der Waals surface area contributed by atoms with Gasteiger partial charge in [0, 0.05) is 35.8 Å². The Kier molecular flexibility index (Phi) is 7.77. The highest BCUT2D eigenvalue weighted by Crippen LogP contribution is 2.26. The number of hydrogen-bond acceptors (Lipinski definition) is 6. The Morgan fingerprint density at radius 1 is 1.10 bits per heavy atom. The largest absolute Gasteiger partial charge is 0.325 e. The minimum atomic E-state index is -3.54. The van der Waals surface area contributed by atoms with Gasteiger partial charge in [0.2, 0.25) is 15.9 Å². The van der Waals surface area contributed by atoms with Crippen LogP contribution in [0.2, 0.25) is 0 Å². The number of amides is 1. The molecule has 2 rings (SSSR count). The van der Waals surface area contributed by atoms with E-state index < -0.39 is 20.2 Å². The zero-order valence-corrected chi connectivity index (χ0v) is 18.0. The van der Waals surface area contributed by atoms with Crippen LogP contribution >= 0.6 is 11.8 Å². The van der Waals surface area contributed by atoms with Gasteiger partial charge in [0.05, 0.1) is 15.1 Å². The van der Waals surface area contributed by atoms with Crippen molar-refractivity contribution in [3.63, 3.8) is 0 Å². The highest BCUT2D eigenvalue weighted by Gasteiger charge is 2.21. The minimum Gasteiger partial charge on any atom is -0.325 e. The fourth-order valence-corrected chi connectivity index (χ4v) is 4.90. The lowest BCUT2D eigenvalue weighted by Gasteiger charge is -2.18. The SMILES string of the molecule is CCN(CC)S(=O)(=O)c1ccc(NC(=O)C(C)Sc2ccc([N+](=O)[O-])cc2)cc1. The molecule has 0 aliphatic rings. The van der Waals surface area contributed by atoms with Gasteiger partial charge in [-0.05, 0) is 43.3 Å². The number of benzene rings is 2. The monoisotopic (exact) mass is 437 g/mol. The summed E-state index contributed by atoms with van der Waals surface area (Å²) < 4.78 is 26.4. The third-order valence-electron chi connectivity index (χ3n) is 4.19. The van der Waals surface area contributed by atoms with Gasteiger partial charge in [-0.2, -0.15) is 4.31 Å². The lowest BCUT2D eigenvalue weighted by molar-refractivity contribution is -0.384. The minimum absolute atomic E-state index is 0.00814. The molecule has 0 heterocycles. The second kappa shape index (κ2) is 9.86. The Balaban J connectivity index is 2.02. The number of carbonyl (C=O) groups is 1. The predicted molar refractivity (Wildman–Crippen MR) is 114 cm³/mol. The van der Waals surface area contributed by atoms with Crippen LogP contribution < -0.4 is 5.32 Å². The lowest BCUT2D eigenvalue weighted by Crippen LogP contribution is -2.30. The van der Waals surface area contributed by atoms with E-state index in [2.05, 4.69) is 5.32 Å². The highest BCUT2D eigenvalue weighted by molar-refractivity contribution is 8.00. The Hall–Kier alpha value is -2.43. The molecule has 29 heavy (non-hydrogen) atoms. The number of rotatable bonds is 9. The summed E-state index contributed by atoms with van der Waals surface area (Å²) in [6.45, 7) is 6.04. The maximum Gasteiger partial charge on any atom is 0.269 e. The maximum absolute atomic E-state index is 12.5. The molecular weight excluding hydrogens is 414 g/mol.